The average molecular weight is 182 g/mol. The van der Waals surface area contributed by atoms with Crippen LogP contribution in [0.15, 0.2) is 30.3 Å². The predicted octanol–water partition coefficient (Wildman–Crippen LogP) is 1.52. The van der Waals surface area contributed by atoms with E-state index in [1.165, 1.54) is 0 Å². The molecule has 1 aromatic carbocycles. The molecule has 0 atom stereocenters. The molecule has 1 aromatic rings. The first-order valence-corrected chi connectivity index (χ1v) is 4.45. The molecule has 0 radical (unpaired) electrons. The van der Waals surface area contributed by atoms with Crippen molar-refractivity contribution in [2.24, 2.45) is 0 Å². The maximum Gasteiger partial charge on any atom is 0.143 e. The monoisotopic (exact) mass is 182 g/mol. The Labute approximate surface area is 74.9 Å². The molecule has 0 aliphatic carbocycles. The van der Waals surface area contributed by atoms with Crippen LogP contribution >= 0.6 is 0 Å². The van der Waals surface area contributed by atoms with Crippen LogP contribution in [0.2, 0.25) is 0 Å². The number of hydrogen-bond acceptors (Lipinski definition) is 1. The van der Waals surface area contributed by atoms with Gasteiger partial charge in [-0.15, -0.1) is 0 Å². The number of aryl methyl sites for hydroxylation is 1. The van der Waals surface area contributed by atoms with Crippen molar-refractivity contribution in [3.63, 3.8) is 0 Å². The van der Waals surface area contributed by atoms with E-state index in [1.807, 2.05) is 30.3 Å². The molecule has 0 amide bonds. The van der Waals surface area contributed by atoms with Crippen LogP contribution in [-0.2, 0) is 17.7 Å². The normalized spacial score (nSPS) is 9.42. The Morgan fingerprint density at radius 1 is 1.33 bits per heavy atom. The Kier molecular flexibility index (Phi) is 3.70. The lowest BCUT2D eigenvalue weighted by molar-refractivity contribution is 0.545. The van der Waals surface area contributed by atoms with Gasteiger partial charge in [-0.05, 0) is 12.0 Å². The molecule has 0 aliphatic heterocycles. The summed E-state index contributed by atoms with van der Waals surface area (Å²) in [5, 5.41) is 8.84. The third-order valence-corrected chi connectivity index (χ3v) is 1.96. The first kappa shape index (κ1) is 9.16. The molecule has 0 aliphatic rings. The van der Waals surface area contributed by atoms with Crippen molar-refractivity contribution in [1.29, 1.82) is 0 Å². The standard InChI is InChI=1S/C9H10O2S/c10-9(12-11)7-6-8-4-2-1-3-5-8/h1-5,10H,6-7H2. The van der Waals surface area contributed by atoms with Crippen LogP contribution < -0.4 is 0 Å². The minimum Gasteiger partial charge on any atom is -0.353 e. The summed E-state index contributed by atoms with van der Waals surface area (Å²) in [6.45, 7) is 0. The molecular formula is C9H10O2S. The van der Waals surface area contributed by atoms with Crippen LogP contribution in [0.25, 0.3) is 0 Å². The summed E-state index contributed by atoms with van der Waals surface area (Å²) >= 11 is 0.166. The summed E-state index contributed by atoms with van der Waals surface area (Å²) in [5.41, 5.74) is 1.14. The third kappa shape index (κ3) is 2.98. The van der Waals surface area contributed by atoms with E-state index < -0.39 is 0 Å². The Bertz CT molecular complexity index is 289. The van der Waals surface area contributed by atoms with E-state index in [9.17, 15) is 4.21 Å². The molecule has 0 spiro atoms. The van der Waals surface area contributed by atoms with Gasteiger partial charge in [0.2, 0.25) is 0 Å². The van der Waals surface area contributed by atoms with Crippen LogP contribution in [0.3, 0.4) is 0 Å². The first-order valence-electron chi connectivity index (χ1n) is 3.71. The van der Waals surface area contributed by atoms with Crippen LogP contribution in [-0.4, -0.2) is 14.4 Å². The molecule has 0 fully saturated rings. The van der Waals surface area contributed by atoms with E-state index in [4.69, 9.17) is 5.11 Å². The summed E-state index contributed by atoms with van der Waals surface area (Å²) in [7, 11) is 0. The number of aliphatic hydroxyl groups is 1. The molecule has 0 saturated heterocycles. The highest BCUT2D eigenvalue weighted by Gasteiger charge is 1.94. The van der Waals surface area contributed by atoms with Crippen molar-refractivity contribution >= 4 is 16.3 Å². The van der Waals surface area contributed by atoms with Gasteiger partial charge >= 0.3 is 0 Å². The molecule has 1 rings (SSSR count). The molecular weight excluding hydrogens is 172 g/mol. The van der Waals surface area contributed by atoms with Crippen LogP contribution in [0.1, 0.15) is 12.0 Å². The van der Waals surface area contributed by atoms with E-state index in [2.05, 4.69) is 0 Å². The summed E-state index contributed by atoms with van der Waals surface area (Å²) in [6, 6.07) is 9.77. The van der Waals surface area contributed by atoms with E-state index in [1.54, 1.807) is 0 Å². The lowest BCUT2D eigenvalue weighted by atomic mass is 10.1. The maximum atomic E-state index is 10.1. The van der Waals surface area contributed by atoms with Crippen LogP contribution in [0.5, 0.6) is 0 Å². The maximum absolute atomic E-state index is 10.1. The Balaban J connectivity index is 2.49. The number of hydrogen-bond donors (Lipinski definition) is 1. The van der Waals surface area contributed by atoms with Gasteiger partial charge in [0.25, 0.3) is 0 Å². The molecule has 3 heteroatoms. The van der Waals surface area contributed by atoms with Gasteiger partial charge < -0.3 is 5.11 Å². The van der Waals surface area contributed by atoms with Crippen LogP contribution in [0.4, 0.5) is 0 Å². The molecule has 0 aromatic heterocycles. The van der Waals surface area contributed by atoms with Gasteiger partial charge in [-0.1, -0.05) is 30.3 Å². The van der Waals surface area contributed by atoms with Crippen molar-refractivity contribution in [3.8, 4) is 0 Å². The number of rotatable bonds is 3. The molecule has 0 heterocycles. The SMILES string of the molecule is O=S=C(O)CCc1ccccc1. The minimum atomic E-state index is -0.0427. The highest BCUT2D eigenvalue weighted by Crippen LogP contribution is 2.01. The minimum absolute atomic E-state index is 0.0427. The van der Waals surface area contributed by atoms with Gasteiger partial charge in [-0.2, -0.15) is 0 Å². The van der Waals surface area contributed by atoms with Gasteiger partial charge in [-0.3, -0.25) is 0 Å². The van der Waals surface area contributed by atoms with Gasteiger partial charge in [0, 0.05) is 6.42 Å². The van der Waals surface area contributed by atoms with Gasteiger partial charge in [0.1, 0.15) is 16.3 Å². The topological polar surface area (TPSA) is 37.3 Å². The summed E-state index contributed by atoms with van der Waals surface area (Å²) in [4.78, 5) is 0. The second kappa shape index (κ2) is 4.85. The number of aliphatic hydroxyl groups excluding tert-OH is 1. The highest BCUT2D eigenvalue weighted by molar-refractivity contribution is 7.66. The zero-order valence-electron chi connectivity index (χ0n) is 6.56. The smallest absolute Gasteiger partial charge is 0.143 e. The molecule has 12 heavy (non-hydrogen) atoms. The Morgan fingerprint density at radius 2 is 2.00 bits per heavy atom. The summed E-state index contributed by atoms with van der Waals surface area (Å²) in [6.07, 6.45) is 1.17. The summed E-state index contributed by atoms with van der Waals surface area (Å²) < 4.78 is 10.1. The van der Waals surface area contributed by atoms with Gasteiger partial charge in [-0.25, -0.2) is 4.21 Å². The van der Waals surface area contributed by atoms with Crippen molar-refractivity contribution < 1.29 is 9.32 Å². The second-order valence-electron chi connectivity index (χ2n) is 2.46. The van der Waals surface area contributed by atoms with Crippen molar-refractivity contribution in [2.45, 2.75) is 12.8 Å². The fourth-order valence-corrected chi connectivity index (χ4v) is 1.12. The quantitative estimate of drug-likeness (QED) is 0.720. The van der Waals surface area contributed by atoms with Crippen molar-refractivity contribution in [1.82, 2.24) is 0 Å². The van der Waals surface area contributed by atoms with Gasteiger partial charge in [0.15, 0.2) is 0 Å². The molecule has 64 valence electrons. The Hall–Kier alpha value is -0.930. The van der Waals surface area contributed by atoms with Gasteiger partial charge in [0.05, 0.1) is 0 Å². The fourth-order valence-electron chi connectivity index (χ4n) is 0.938. The molecule has 0 unspecified atom stereocenters. The van der Waals surface area contributed by atoms with Crippen molar-refractivity contribution in [3.05, 3.63) is 35.9 Å². The van der Waals surface area contributed by atoms with E-state index in [0.29, 0.717) is 6.42 Å². The number of benzene rings is 1. The first-order chi connectivity index (χ1) is 5.83. The zero-order chi connectivity index (χ0) is 8.81. The van der Waals surface area contributed by atoms with Crippen LogP contribution in [0, 0.1) is 0 Å². The predicted molar refractivity (Wildman–Crippen MR) is 50.5 cm³/mol. The summed E-state index contributed by atoms with van der Waals surface area (Å²) in [5.74, 6) is 0. The van der Waals surface area contributed by atoms with Crippen molar-refractivity contribution in [2.75, 3.05) is 0 Å². The average Bonchev–Trinajstić information content (AvgIpc) is 2.16. The fraction of sp³-hybridized carbons (Fsp3) is 0.222. The third-order valence-electron chi connectivity index (χ3n) is 1.57. The largest absolute Gasteiger partial charge is 0.353 e. The molecule has 0 saturated carbocycles. The van der Waals surface area contributed by atoms with E-state index in [-0.39, 0.29) is 16.3 Å². The lowest BCUT2D eigenvalue weighted by Gasteiger charge is -1.96. The molecule has 0 bridgehead atoms. The van der Waals surface area contributed by atoms with E-state index >= 15 is 0 Å². The zero-order valence-corrected chi connectivity index (χ0v) is 7.38. The lowest BCUT2D eigenvalue weighted by Crippen LogP contribution is -1.97. The molecule has 2 nitrogen and oxygen atoms in total. The highest BCUT2D eigenvalue weighted by atomic mass is 32.1. The Morgan fingerprint density at radius 3 is 2.58 bits per heavy atom. The molecule has 1 N–H and O–H groups in total. The van der Waals surface area contributed by atoms with E-state index in [0.717, 1.165) is 12.0 Å². The second-order valence-corrected chi connectivity index (χ2v) is 3.10.